The van der Waals surface area contributed by atoms with Crippen LogP contribution in [-0.4, -0.2) is 54.3 Å². The summed E-state index contributed by atoms with van der Waals surface area (Å²) in [6.45, 7) is 4.20. The summed E-state index contributed by atoms with van der Waals surface area (Å²) in [4.78, 5) is 27.7. The Balaban J connectivity index is 2.32. The molecule has 9 nitrogen and oxygen atoms in total. The van der Waals surface area contributed by atoms with Gasteiger partial charge >= 0.3 is 5.97 Å². The van der Waals surface area contributed by atoms with Crippen LogP contribution in [0.15, 0.2) is 23.1 Å². The number of fused-ring (bicyclic) bond motifs is 1. The molecule has 0 fully saturated rings. The summed E-state index contributed by atoms with van der Waals surface area (Å²) in [5.41, 5.74) is 6.47. The molecule has 1 aromatic heterocycles. The lowest BCUT2D eigenvalue weighted by Gasteiger charge is -2.12. The predicted octanol–water partition coefficient (Wildman–Crippen LogP) is 1.44. The number of nitrogens with two attached hydrogens (primary N) is 1. The maximum absolute atomic E-state index is 12.4. The maximum Gasteiger partial charge on any atom is 0.307 e. The number of hydrogen-bond donors (Lipinski definition) is 1. The number of ether oxygens (including phenoxy) is 1. The van der Waals surface area contributed by atoms with Crippen molar-refractivity contribution in [2.24, 2.45) is 5.73 Å². The van der Waals surface area contributed by atoms with Gasteiger partial charge in [0.2, 0.25) is 10.0 Å². The quantitative estimate of drug-likeness (QED) is 0.575. The average Bonchev–Trinajstić information content (AvgIpc) is 3.00. The molecule has 1 heterocycles. The summed E-state index contributed by atoms with van der Waals surface area (Å²) < 4.78 is 32.9. The Kier molecular flexibility index (Phi) is 7.37. The standard InChI is InChI=1S/C19H28N4O5S/c1-5-6-11-23-16-8-7-14(29(26,27)22(3)4)12-15(16)21-17(23)9-10-18(24)28-13(2)19(20)25/h7-8,12-13H,5-6,9-11H2,1-4H3,(H2,20,25)/t13-/m0/s1. The number of carbonyl (C=O) groups excluding carboxylic acids is 2. The molecule has 1 aromatic carbocycles. The van der Waals surface area contributed by atoms with E-state index in [0.29, 0.717) is 24.3 Å². The van der Waals surface area contributed by atoms with Gasteiger partial charge in [0.05, 0.1) is 22.3 Å². The SMILES string of the molecule is CCCCn1c(CCC(=O)O[C@@H](C)C(N)=O)nc2cc(S(=O)(=O)N(C)C)ccc21. The van der Waals surface area contributed by atoms with Crippen LogP contribution in [-0.2, 0) is 37.3 Å². The van der Waals surface area contributed by atoms with E-state index in [9.17, 15) is 18.0 Å². The molecule has 0 aliphatic heterocycles. The number of aryl methyl sites for hydroxylation is 2. The number of benzene rings is 1. The molecule has 0 saturated heterocycles. The van der Waals surface area contributed by atoms with Crippen molar-refractivity contribution in [2.45, 2.75) is 57.1 Å². The van der Waals surface area contributed by atoms with Gasteiger partial charge in [-0.1, -0.05) is 13.3 Å². The summed E-state index contributed by atoms with van der Waals surface area (Å²) in [6.07, 6.45) is 1.25. The van der Waals surface area contributed by atoms with Gasteiger partial charge in [-0.3, -0.25) is 9.59 Å². The highest BCUT2D eigenvalue weighted by Crippen LogP contribution is 2.23. The van der Waals surface area contributed by atoms with Crippen molar-refractivity contribution in [1.29, 1.82) is 0 Å². The van der Waals surface area contributed by atoms with E-state index in [-0.39, 0.29) is 11.3 Å². The van der Waals surface area contributed by atoms with E-state index in [1.165, 1.54) is 21.0 Å². The first kappa shape index (κ1) is 22.8. The normalized spacial score (nSPS) is 13.0. The monoisotopic (exact) mass is 424 g/mol. The second-order valence-corrected chi connectivity index (χ2v) is 9.16. The second kappa shape index (κ2) is 9.36. The summed E-state index contributed by atoms with van der Waals surface area (Å²) in [6, 6.07) is 4.85. The van der Waals surface area contributed by atoms with Crippen molar-refractivity contribution in [3.63, 3.8) is 0 Å². The Bertz CT molecular complexity index is 997. The highest BCUT2D eigenvalue weighted by Gasteiger charge is 2.20. The molecule has 0 unspecified atom stereocenters. The highest BCUT2D eigenvalue weighted by molar-refractivity contribution is 7.89. The molecule has 2 rings (SSSR count). The number of amides is 1. The minimum absolute atomic E-state index is 0.0376. The Labute approximate surface area is 170 Å². The van der Waals surface area contributed by atoms with E-state index >= 15 is 0 Å². The lowest BCUT2D eigenvalue weighted by Crippen LogP contribution is -2.30. The lowest BCUT2D eigenvalue weighted by molar-refractivity contribution is -0.153. The van der Waals surface area contributed by atoms with Crippen molar-refractivity contribution in [3.05, 3.63) is 24.0 Å². The molecule has 2 N–H and O–H groups in total. The highest BCUT2D eigenvalue weighted by atomic mass is 32.2. The van der Waals surface area contributed by atoms with E-state index in [1.54, 1.807) is 18.2 Å². The van der Waals surface area contributed by atoms with Crippen molar-refractivity contribution in [2.75, 3.05) is 14.1 Å². The number of carbonyl (C=O) groups is 2. The number of unbranched alkanes of at least 4 members (excludes halogenated alkanes) is 1. The minimum atomic E-state index is -3.57. The summed E-state index contributed by atoms with van der Waals surface area (Å²) >= 11 is 0. The second-order valence-electron chi connectivity index (χ2n) is 7.01. The van der Waals surface area contributed by atoms with Gasteiger partial charge in [-0.2, -0.15) is 0 Å². The van der Waals surface area contributed by atoms with Crippen LogP contribution in [0.2, 0.25) is 0 Å². The van der Waals surface area contributed by atoms with Gasteiger partial charge in [0, 0.05) is 27.1 Å². The molecule has 1 atom stereocenters. The van der Waals surface area contributed by atoms with Crippen molar-refractivity contribution in [1.82, 2.24) is 13.9 Å². The smallest absolute Gasteiger partial charge is 0.307 e. The topological polar surface area (TPSA) is 125 Å². The molecule has 10 heteroatoms. The summed E-state index contributed by atoms with van der Waals surface area (Å²) in [7, 11) is -0.619. The van der Waals surface area contributed by atoms with Crippen LogP contribution < -0.4 is 5.73 Å². The number of imidazole rings is 1. The van der Waals surface area contributed by atoms with Crippen LogP contribution in [0, 0.1) is 0 Å². The first-order valence-corrected chi connectivity index (χ1v) is 10.9. The van der Waals surface area contributed by atoms with Crippen molar-refractivity contribution in [3.8, 4) is 0 Å². The van der Waals surface area contributed by atoms with Gasteiger partial charge in [-0.15, -0.1) is 0 Å². The van der Waals surface area contributed by atoms with Crippen LogP contribution in [0.5, 0.6) is 0 Å². The van der Waals surface area contributed by atoms with E-state index in [2.05, 4.69) is 11.9 Å². The Morgan fingerprint density at radius 3 is 2.59 bits per heavy atom. The fourth-order valence-corrected chi connectivity index (χ4v) is 3.74. The number of sulfonamides is 1. The average molecular weight is 425 g/mol. The van der Waals surface area contributed by atoms with Gasteiger partial charge in [-0.05, 0) is 31.5 Å². The third-order valence-electron chi connectivity index (χ3n) is 4.57. The maximum atomic E-state index is 12.4. The number of rotatable bonds is 10. The molecule has 0 saturated carbocycles. The number of primary amides is 1. The van der Waals surface area contributed by atoms with Crippen LogP contribution in [0.25, 0.3) is 11.0 Å². The van der Waals surface area contributed by atoms with Gasteiger partial charge in [-0.25, -0.2) is 17.7 Å². The van der Waals surface area contributed by atoms with Gasteiger partial charge < -0.3 is 15.0 Å². The Hall–Kier alpha value is -2.46. The van der Waals surface area contributed by atoms with Gasteiger partial charge in [0.15, 0.2) is 6.10 Å². The first-order valence-electron chi connectivity index (χ1n) is 9.48. The molecule has 160 valence electrons. The number of aromatic nitrogens is 2. The molecule has 2 aromatic rings. The zero-order valence-corrected chi connectivity index (χ0v) is 18.0. The van der Waals surface area contributed by atoms with Gasteiger partial charge in [0.1, 0.15) is 5.82 Å². The first-order chi connectivity index (χ1) is 13.6. The Morgan fingerprint density at radius 2 is 2.00 bits per heavy atom. The molecule has 0 radical (unpaired) electrons. The van der Waals surface area contributed by atoms with E-state index in [4.69, 9.17) is 10.5 Å². The molecule has 0 aliphatic rings. The van der Waals surface area contributed by atoms with Crippen LogP contribution >= 0.6 is 0 Å². The summed E-state index contributed by atoms with van der Waals surface area (Å²) in [5.74, 6) is -0.582. The van der Waals surface area contributed by atoms with Crippen LogP contribution in [0.4, 0.5) is 0 Å². The number of hydrogen-bond acceptors (Lipinski definition) is 6. The summed E-state index contributed by atoms with van der Waals surface area (Å²) in [5, 5.41) is 0. The van der Waals surface area contributed by atoms with Crippen LogP contribution in [0.1, 0.15) is 38.9 Å². The molecule has 0 aliphatic carbocycles. The van der Waals surface area contributed by atoms with Crippen molar-refractivity contribution < 1.29 is 22.7 Å². The number of nitrogens with zero attached hydrogens (tertiary/aromatic N) is 3. The molecular weight excluding hydrogens is 396 g/mol. The molecule has 0 bridgehead atoms. The molecule has 29 heavy (non-hydrogen) atoms. The lowest BCUT2D eigenvalue weighted by atomic mass is 10.2. The molecule has 0 spiro atoms. The number of esters is 1. The van der Waals surface area contributed by atoms with E-state index < -0.39 is 28.0 Å². The predicted molar refractivity (Wildman–Crippen MR) is 109 cm³/mol. The third-order valence-corrected chi connectivity index (χ3v) is 6.39. The molecule has 1 amide bonds. The van der Waals surface area contributed by atoms with Gasteiger partial charge in [0.25, 0.3) is 5.91 Å². The zero-order valence-electron chi connectivity index (χ0n) is 17.2. The van der Waals surface area contributed by atoms with E-state index in [1.807, 2.05) is 4.57 Å². The third kappa shape index (κ3) is 5.33. The minimum Gasteiger partial charge on any atom is -0.453 e. The fourth-order valence-electron chi connectivity index (χ4n) is 2.82. The Morgan fingerprint density at radius 1 is 1.31 bits per heavy atom. The van der Waals surface area contributed by atoms with E-state index in [0.717, 1.165) is 22.7 Å². The fraction of sp³-hybridized carbons (Fsp3) is 0.526. The molecular formula is C19H28N4O5S. The van der Waals surface area contributed by atoms with Crippen LogP contribution in [0.3, 0.4) is 0 Å². The zero-order chi connectivity index (χ0) is 21.8. The van der Waals surface area contributed by atoms with Crippen molar-refractivity contribution >= 4 is 32.9 Å². The largest absolute Gasteiger partial charge is 0.453 e.